The summed E-state index contributed by atoms with van der Waals surface area (Å²) in [6, 6.07) is 10.7. The predicted molar refractivity (Wildman–Crippen MR) is 83.7 cm³/mol. The monoisotopic (exact) mass is 294 g/mol. The van der Waals surface area contributed by atoms with Crippen LogP contribution >= 0.6 is 0 Å². The Morgan fingerprint density at radius 2 is 1.95 bits per heavy atom. The average molecular weight is 294 g/mol. The van der Waals surface area contributed by atoms with Crippen LogP contribution in [0.4, 0.5) is 5.82 Å². The molecule has 22 heavy (non-hydrogen) atoms. The highest BCUT2D eigenvalue weighted by molar-refractivity contribution is 5.94. The first kappa shape index (κ1) is 13.9. The standard InChI is InChI=1S/C16H14N4O2/c1-10-6-7-14(17-9-10)18-15(21)8-13-11-4-2-3-5-12(11)16(22)20-19-13/h2-7,9H,8H2,1H3,(H,20,22)(H,17,18,21). The summed E-state index contributed by atoms with van der Waals surface area (Å²) in [4.78, 5) is 27.9. The molecule has 2 heterocycles. The molecule has 2 aromatic heterocycles. The molecule has 1 aromatic carbocycles. The molecule has 0 saturated heterocycles. The Kier molecular flexibility index (Phi) is 3.65. The van der Waals surface area contributed by atoms with Crippen LogP contribution in [0.25, 0.3) is 10.8 Å². The molecule has 0 unspecified atom stereocenters. The maximum atomic E-state index is 12.1. The SMILES string of the molecule is Cc1ccc(NC(=O)Cc2n[nH]c(=O)c3ccccc23)nc1. The van der Waals surface area contributed by atoms with Crippen LogP contribution in [0.1, 0.15) is 11.3 Å². The second kappa shape index (κ2) is 5.77. The highest BCUT2D eigenvalue weighted by Crippen LogP contribution is 2.13. The van der Waals surface area contributed by atoms with E-state index in [1.165, 1.54) is 0 Å². The molecule has 0 saturated carbocycles. The summed E-state index contributed by atoms with van der Waals surface area (Å²) >= 11 is 0. The third-order valence-corrected chi connectivity index (χ3v) is 3.28. The summed E-state index contributed by atoms with van der Waals surface area (Å²) in [5, 5.41) is 10.3. The third kappa shape index (κ3) is 2.85. The molecule has 0 aliphatic heterocycles. The lowest BCUT2D eigenvalue weighted by atomic mass is 10.1. The van der Waals surface area contributed by atoms with Gasteiger partial charge in [-0.25, -0.2) is 10.1 Å². The minimum atomic E-state index is -0.264. The Hall–Kier alpha value is -3.02. The average Bonchev–Trinajstić information content (AvgIpc) is 2.53. The van der Waals surface area contributed by atoms with Gasteiger partial charge in [0.05, 0.1) is 17.5 Å². The molecule has 6 heteroatoms. The lowest BCUT2D eigenvalue weighted by Gasteiger charge is -2.06. The quantitative estimate of drug-likeness (QED) is 0.771. The number of anilines is 1. The van der Waals surface area contributed by atoms with Gasteiger partial charge >= 0.3 is 0 Å². The Labute approximate surface area is 126 Å². The highest BCUT2D eigenvalue weighted by Gasteiger charge is 2.11. The molecule has 1 amide bonds. The summed E-state index contributed by atoms with van der Waals surface area (Å²) in [6.45, 7) is 1.93. The number of pyridine rings is 1. The number of carbonyl (C=O) groups excluding carboxylic acids is 1. The van der Waals surface area contributed by atoms with Gasteiger partial charge in [-0.3, -0.25) is 9.59 Å². The van der Waals surface area contributed by atoms with Gasteiger partial charge in [0.1, 0.15) is 5.82 Å². The summed E-state index contributed by atoms with van der Waals surface area (Å²) in [6.07, 6.45) is 1.75. The van der Waals surface area contributed by atoms with E-state index in [9.17, 15) is 9.59 Å². The number of H-pyrrole nitrogens is 1. The van der Waals surface area contributed by atoms with Crippen molar-refractivity contribution in [1.82, 2.24) is 15.2 Å². The van der Waals surface area contributed by atoms with Gasteiger partial charge in [-0.1, -0.05) is 24.3 Å². The number of aromatic amines is 1. The zero-order valence-corrected chi connectivity index (χ0v) is 12.0. The van der Waals surface area contributed by atoms with Gasteiger partial charge in [0.25, 0.3) is 5.56 Å². The number of nitrogens with one attached hydrogen (secondary N) is 2. The van der Waals surface area contributed by atoms with Gasteiger partial charge in [0, 0.05) is 11.6 Å². The maximum absolute atomic E-state index is 12.1. The van der Waals surface area contributed by atoms with Crippen molar-refractivity contribution in [2.75, 3.05) is 5.32 Å². The molecule has 0 spiro atoms. The van der Waals surface area contributed by atoms with Crippen molar-refractivity contribution in [3.63, 3.8) is 0 Å². The van der Waals surface area contributed by atoms with E-state index in [4.69, 9.17) is 0 Å². The van der Waals surface area contributed by atoms with Crippen molar-refractivity contribution in [2.45, 2.75) is 13.3 Å². The lowest BCUT2D eigenvalue weighted by Crippen LogP contribution is -2.18. The molecule has 0 bridgehead atoms. The number of benzene rings is 1. The minimum absolute atomic E-state index is 0.0624. The fourth-order valence-corrected chi connectivity index (χ4v) is 2.19. The highest BCUT2D eigenvalue weighted by atomic mass is 16.1. The van der Waals surface area contributed by atoms with Gasteiger partial charge in [-0.05, 0) is 24.6 Å². The maximum Gasteiger partial charge on any atom is 0.272 e. The van der Waals surface area contributed by atoms with Gasteiger partial charge in [-0.15, -0.1) is 0 Å². The van der Waals surface area contributed by atoms with E-state index in [0.29, 0.717) is 22.3 Å². The number of aromatic nitrogens is 3. The van der Waals surface area contributed by atoms with Crippen molar-refractivity contribution >= 4 is 22.5 Å². The van der Waals surface area contributed by atoms with E-state index in [2.05, 4.69) is 20.5 Å². The fraction of sp³-hybridized carbons (Fsp3) is 0.125. The summed E-state index contributed by atoms with van der Waals surface area (Å²) in [5.74, 6) is 0.255. The van der Waals surface area contributed by atoms with Gasteiger partial charge in [0.15, 0.2) is 0 Å². The topological polar surface area (TPSA) is 87.7 Å². The molecule has 0 atom stereocenters. The number of fused-ring (bicyclic) bond motifs is 1. The van der Waals surface area contributed by atoms with Crippen molar-refractivity contribution in [1.29, 1.82) is 0 Å². The number of hydrogen-bond acceptors (Lipinski definition) is 4. The van der Waals surface area contributed by atoms with Crippen molar-refractivity contribution in [3.8, 4) is 0 Å². The van der Waals surface area contributed by atoms with Crippen LogP contribution in [-0.4, -0.2) is 21.1 Å². The van der Waals surface area contributed by atoms with Crippen LogP contribution < -0.4 is 10.9 Å². The molecule has 0 aliphatic rings. The zero-order valence-electron chi connectivity index (χ0n) is 12.0. The zero-order chi connectivity index (χ0) is 15.5. The summed E-state index contributed by atoms with van der Waals surface area (Å²) in [5.41, 5.74) is 1.28. The lowest BCUT2D eigenvalue weighted by molar-refractivity contribution is -0.115. The Morgan fingerprint density at radius 3 is 2.68 bits per heavy atom. The first-order valence-corrected chi connectivity index (χ1v) is 6.82. The smallest absolute Gasteiger partial charge is 0.272 e. The Morgan fingerprint density at radius 1 is 1.18 bits per heavy atom. The molecule has 6 nitrogen and oxygen atoms in total. The Bertz CT molecular complexity index is 885. The third-order valence-electron chi connectivity index (χ3n) is 3.28. The Balaban J connectivity index is 1.84. The predicted octanol–water partition coefficient (Wildman–Crippen LogP) is 1.81. The first-order chi connectivity index (χ1) is 10.6. The molecule has 0 radical (unpaired) electrons. The van der Waals surface area contributed by atoms with E-state index in [1.54, 1.807) is 30.5 Å². The summed E-state index contributed by atoms with van der Waals surface area (Å²) in [7, 11) is 0. The summed E-state index contributed by atoms with van der Waals surface area (Å²) < 4.78 is 0. The molecule has 2 N–H and O–H groups in total. The van der Waals surface area contributed by atoms with Crippen molar-refractivity contribution < 1.29 is 4.79 Å². The van der Waals surface area contributed by atoms with E-state index in [1.807, 2.05) is 19.1 Å². The minimum Gasteiger partial charge on any atom is -0.310 e. The van der Waals surface area contributed by atoms with Crippen LogP contribution in [0.2, 0.25) is 0 Å². The number of carbonyl (C=O) groups is 1. The molecular weight excluding hydrogens is 280 g/mol. The molecule has 3 aromatic rings. The first-order valence-electron chi connectivity index (χ1n) is 6.82. The van der Waals surface area contributed by atoms with E-state index in [-0.39, 0.29) is 17.9 Å². The number of nitrogens with zero attached hydrogens (tertiary/aromatic N) is 2. The van der Waals surface area contributed by atoms with Crippen molar-refractivity contribution in [3.05, 3.63) is 64.2 Å². The molecule has 3 rings (SSSR count). The van der Waals surface area contributed by atoms with Gasteiger partial charge in [0.2, 0.25) is 5.91 Å². The van der Waals surface area contributed by atoms with Crippen LogP contribution in [0.3, 0.4) is 0 Å². The molecule has 0 fully saturated rings. The number of amides is 1. The molecule has 110 valence electrons. The van der Waals surface area contributed by atoms with Gasteiger partial charge in [-0.2, -0.15) is 5.10 Å². The fourth-order valence-electron chi connectivity index (χ4n) is 2.19. The second-order valence-corrected chi connectivity index (χ2v) is 4.99. The second-order valence-electron chi connectivity index (χ2n) is 4.99. The van der Waals surface area contributed by atoms with E-state index in [0.717, 1.165) is 5.56 Å². The van der Waals surface area contributed by atoms with Crippen LogP contribution in [0.15, 0.2) is 47.4 Å². The van der Waals surface area contributed by atoms with Gasteiger partial charge < -0.3 is 5.32 Å². The number of aryl methyl sites for hydroxylation is 1. The largest absolute Gasteiger partial charge is 0.310 e. The van der Waals surface area contributed by atoms with E-state index < -0.39 is 0 Å². The van der Waals surface area contributed by atoms with Crippen molar-refractivity contribution in [2.24, 2.45) is 0 Å². The normalized spacial score (nSPS) is 10.6. The number of hydrogen-bond donors (Lipinski definition) is 2. The molecule has 0 aliphatic carbocycles. The number of rotatable bonds is 3. The van der Waals surface area contributed by atoms with Crippen LogP contribution in [0, 0.1) is 6.92 Å². The van der Waals surface area contributed by atoms with E-state index >= 15 is 0 Å². The van der Waals surface area contributed by atoms with Crippen LogP contribution in [-0.2, 0) is 11.2 Å². The van der Waals surface area contributed by atoms with Crippen LogP contribution in [0.5, 0.6) is 0 Å². The molecular formula is C16H14N4O2.